The van der Waals surface area contributed by atoms with Gasteiger partial charge in [-0.2, -0.15) is 0 Å². The molecular formula is C20H27N3O. The molecule has 2 heterocycles. The Morgan fingerprint density at radius 3 is 2.62 bits per heavy atom. The number of amides is 1. The Morgan fingerprint density at radius 2 is 1.96 bits per heavy atom. The van der Waals surface area contributed by atoms with Crippen LogP contribution < -0.4 is 5.32 Å². The van der Waals surface area contributed by atoms with Crippen molar-refractivity contribution >= 4 is 5.91 Å². The lowest BCUT2D eigenvalue weighted by molar-refractivity contribution is 0.0932. The monoisotopic (exact) mass is 325 g/mol. The van der Waals surface area contributed by atoms with E-state index in [2.05, 4.69) is 21.8 Å². The molecule has 1 aliphatic carbocycles. The normalized spacial score (nSPS) is 15.9. The fraction of sp³-hybridized carbons (Fsp3) is 0.500. The molecule has 128 valence electrons. The number of hydrogen-bond donors (Lipinski definition) is 1. The SMILES string of the molecule is Cc1cc(C(=O)NC2CCCCCC2)c(C)n1Cc1ccccn1. The summed E-state index contributed by atoms with van der Waals surface area (Å²) in [6.07, 6.45) is 9.07. The summed E-state index contributed by atoms with van der Waals surface area (Å²) in [5, 5.41) is 3.25. The molecule has 24 heavy (non-hydrogen) atoms. The minimum absolute atomic E-state index is 0.0715. The molecule has 0 radical (unpaired) electrons. The van der Waals surface area contributed by atoms with Crippen molar-refractivity contribution in [2.45, 2.75) is 65.0 Å². The standard InChI is InChI=1S/C20H27N3O/c1-15-13-19(20(24)22-17-9-5-3-4-6-10-17)16(2)23(15)14-18-11-7-8-12-21-18/h7-8,11-13,17H,3-6,9-10,14H2,1-2H3,(H,22,24). The van der Waals surface area contributed by atoms with Gasteiger partial charge in [-0.3, -0.25) is 9.78 Å². The molecule has 1 saturated carbocycles. The third-order valence-electron chi connectivity index (χ3n) is 5.05. The van der Waals surface area contributed by atoms with Crippen molar-refractivity contribution in [2.24, 2.45) is 0 Å². The summed E-state index contributed by atoms with van der Waals surface area (Å²) in [5.74, 6) is 0.0715. The number of nitrogens with one attached hydrogen (secondary N) is 1. The summed E-state index contributed by atoms with van der Waals surface area (Å²) >= 11 is 0. The lowest BCUT2D eigenvalue weighted by atomic mass is 10.1. The van der Waals surface area contributed by atoms with Crippen LogP contribution in [0.4, 0.5) is 0 Å². The number of pyridine rings is 1. The average molecular weight is 325 g/mol. The zero-order chi connectivity index (χ0) is 16.9. The van der Waals surface area contributed by atoms with Gasteiger partial charge >= 0.3 is 0 Å². The molecule has 4 nitrogen and oxygen atoms in total. The zero-order valence-electron chi connectivity index (χ0n) is 14.7. The predicted molar refractivity (Wildman–Crippen MR) is 96.2 cm³/mol. The molecule has 4 heteroatoms. The van der Waals surface area contributed by atoms with E-state index in [1.54, 1.807) is 0 Å². The van der Waals surface area contributed by atoms with E-state index < -0.39 is 0 Å². The molecule has 3 rings (SSSR count). The molecule has 0 unspecified atom stereocenters. The molecule has 1 aliphatic rings. The van der Waals surface area contributed by atoms with Crippen LogP contribution >= 0.6 is 0 Å². The first kappa shape index (κ1) is 16.7. The van der Waals surface area contributed by atoms with Crippen LogP contribution in [0.5, 0.6) is 0 Å². The smallest absolute Gasteiger partial charge is 0.253 e. The van der Waals surface area contributed by atoms with Crippen molar-refractivity contribution in [3.8, 4) is 0 Å². The van der Waals surface area contributed by atoms with Crippen LogP contribution in [0.25, 0.3) is 0 Å². The molecule has 0 saturated heterocycles. The van der Waals surface area contributed by atoms with Gasteiger partial charge in [0.1, 0.15) is 0 Å². The minimum Gasteiger partial charge on any atom is -0.349 e. The van der Waals surface area contributed by atoms with E-state index in [-0.39, 0.29) is 5.91 Å². The first-order valence-corrected chi connectivity index (χ1v) is 9.02. The summed E-state index contributed by atoms with van der Waals surface area (Å²) in [7, 11) is 0. The van der Waals surface area contributed by atoms with E-state index in [4.69, 9.17) is 0 Å². The van der Waals surface area contributed by atoms with Crippen LogP contribution in [0.2, 0.25) is 0 Å². The van der Waals surface area contributed by atoms with Gasteiger partial charge in [0.2, 0.25) is 0 Å². The highest BCUT2D eigenvalue weighted by atomic mass is 16.1. The van der Waals surface area contributed by atoms with Gasteiger partial charge < -0.3 is 9.88 Å². The van der Waals surface area contributed by atoms with Crippen molar-refractivity contribution < 1.29 is 4.79 Å². The highest BCUT2D eigenvalue weighted by Crippen LogP contribution is 2.20. The Morgan fingerprint density at radius 1 is 1.21 bits per heavy atom. The molecule has 1 amide bonds. The first-order valence-electron chi connectivity index (χ1n) is 9.02. The molecule has 0 bridgehead atoms. The van der Waals surface area contributed by atoms with Gasteiger partial charge in [0.25, 0.3) is 5.91 Å². The maximum Gasteiger partial charge on any atom is 0.253 e. The summed E-state index contributed by atoms with van der Waals surface area (Å²) in [4.78, 5) is 17.1. The highest BCUT2D eigenvalue weighted by Gasteiger charge is 2.20. The van der Waals surface area contributed by atoms with Crippen LogP contribution in [0, 0.1) is 13.8 Å². The van der Waals surface area contributed by atoms with Crippen LogP contribution in [0.3, 0.4) is 0 Å². The van der Waals surface area contributed by atoms with E-state index in [1.807, 2.05) is 37.4 Å². The first-order chi connectivity index (χ1) is 11.6. The van der Waals surface area contributed by atoms with Crippen molar-refractivity contribution in [3.63, 3.8) is 0 Å². The number of carbonyl (C=O) groups excluding carboxylic acids is 1. The van der Waals surface area contributed by atoms with E-state index in [0.717, 1.165) is 35.5 Å². The Hall–Kier alpha value is -2.10. The molecule has 2 aromatic heterocycles. The van der Waals surface area contributed by atoms with Crippen LogP contribution in [-0.4, -0.2) is 21.5 Å². The fourth-order valence-corrected chi connectivity index (χ4v) is 3.61. The predicted octanol–water partition coefficient (Wildman–Crippen LogP) is 4.00. The van der Waals surface area contributed by atoms with Gasteiger partial charge in [-0.05, 0) is 44.9 Å². The average Bonchev–Trinajstić information content (AvgIpc) is 2.77. The lowest BCUT2D eigenvalue weighted by Gasteiger charge is -2.16. The molecule has 0 aromatic carbocycles. The van der Waals surface area contributed by atoms with Gasteiger partial charge in [-0.25, -0.2) is 0 Å². The molecule has 1 fully saturated rings. The highest BCUT2D eigenvalue weighted by molar-refractivity contribution is 5.95. The molecule has 0 atom stereocenters. The summed E-state index contributed by atoms with van der Waals surface area (Å²) in [6.45, 7) is 4.78. The molecule has 2 aromatic rings. The van der Waals surface area contributed by atoms with Gasteiger partial charge in [-0.1, -0.05) is 31.7 Å². The van der Waals surface area contributed by atoms with Crippen molar-refractivity contribution in [1.82, 2.24) is 14.9 Å². The Labute approximate surface area is 144 Å². The largest absolute Gasteiger partial charge is 0.349 e. The Bertz CT molecular complexity index is 682. The number of rotatable bonds is 4. The Kier molecular flexibility index (Phi) is 5.34. The van der Waals surface area contributed by atoms with Crippen molar-refractivity contribution in [1.29, 1.82) is 0 Å². The van der Waals surface area contributed by atoms with Crippen molar-refractivity contribution in [3.05, 3.63) is 53.1 Å². The maximum absolute atomic E-state index is 12.7. The number of carbonyl (C=O) groups is 1. The lowest BCUT2D eigenvalue weighted by Crippen LogP contribution is -2.34. The number of aryl methyl sites for hydroxylation is 1. The molecule has 1 N–H and O–H groups in total. The third kappa shape index (κ3) is 3.86. The zero-order valence-corrected chi connectivity index (χ0v) is 14.7. The summed E-state index contributed by atoms with van der Waals surface area (Å²) in [5.41, 5.74) is 3.93. The second kappa shape index (κ2) is 7.65. The Balaban J connectivity index is 1.74. The number of aromatic nitrogens is 2. The molecule has 0 aliphatic heterocycles. The maximum atomic E-state index is 12.7. The van der Waals surface area contributed by atoms with E-state index in [1.165, 1.54) is 25.7 Å². The summed E-state index contributed by atoms with van der Waals surface area (Å²) in [6, 6.07) is 8.27. The number of nitrogens with zero attached hydrogens (tertiary/aromatic N) is 2. The van der Waals surface area contributed by atoms with Crippen LogP contribution in [0.1, 0.15) is 66.0 Å². The summed E-state index contributed by atoms with van der Waals surface area (Å²) < 4.78 is 2.17. The van der Waals surface area contributed by atoms with Crippen molar-refractivity contribution in [2.75, 3.05) is 0 Å². The third-order valence-corrected chi connectivity index (χ3v) is 5.05. The van der Waals surface area contributed by atoms with E-state index in [9.17, 15) is 4.79 Å². The van der Waals surface area contributed by atoms with Gasteiger partial charge in [-0.15, -0.1) is 0 Å². The van der Waals surface area contributed by atoms with Gasteiger partial charge in [0.15, 0.2) is 0 Å². The second-order valence-electron chi connectivity index (χ2n) is 6.85. The molecular weight excluding hydrogens is 298 g/mol. The van der Waals surface area contributed by atoms with Crippen LogP contribution in [0.15, 0.2) is 30.5 Å². The number of hydrogen-bond acceptors (Lipinski definition) is 2. The topological polar surface area (TPSA) is 46.9 Å². The van der Waals surface area contributed by atoms with E-state index >= 15 is 0 Å². The van der Waals surface area contributed by atoms with Gasteiger partial charge in [0.05, 0.1) is 17.8 Å². The second-order valence-corrected chi connectivity index (χ2v) is 6.85. The fourth-order valence-electron chi connectivity index (χ4n) is 3.61. The minimum atomic E-state index is 0.0715. The van der Waals surface area contributed by atoms with Crippen LogP contribution in [-0.2, 0) is 6.54 Å². The van der Waals surface area contributed by atoms with E-state index in [0.29, 0.717) is 12.6 Å². The quantitative estimate of drug-likeness (QED) is 0.864. The van der Waals surface area contributed by atoms with Gasteiger partial charge in [0, 0.05) is 23.6 Å². The molecule has 0 spiro atoms.